The van der Waals surface area contributed by atoms with Gasteiger partial charge in [0.05, 0.1) is 19.8 Å². The lowest BCUT2D eigenvalue weighted by Gasteiger charge is -2.19. The Kier molecular flexibility index (Phi) is 6.84. The molecule has 0 aliphatic carbocycles. The molecule has 7 nitrogen and oxygen atoms in total. The quantitative estimate of drug-likeness (QED) is 0.470. The lowest BCUT2D eigenvalue weighted by molar-refractivity contribution is 0.0909. The number of nitrogens with one attached hydrogen (secondary N) is 1. The van der Waals surface area contributed by atoms with Gasteiger partial charge in [-0.2, -0.15) is 0 Å². The van der Waals surface area contributed by atoms with E-state index in [1.165, 1.54) is 18.2 Å². The maximum Gasteiger partial charge on any atom is 0.469 e. The second-order valence-corrected chi connectivity index (χ2v) is 7.96. The van der Waals surface area contributed by atoms with Crippen molar-refractivity contribution in [3.63, 3.8) is 0 Å². The van der Waals surface area contributed by atoms with Crippen LogP contribution < -0.4 is 10.1 Å². The molecule has 0 bridgehead atoms. The van der Waals surface area contributed by atoms with Gasteiger partial charge >= 0.3 is 7.82 Å². The molecule has 0 heterocycles. The Hall–Kier alpha value is -2.77. The molecule has 158 valence electrons. The van der Waals surface area contributed by atoms with Crippen LogP contribution in [0.5, 0.6) is 5.75 Å². The maximum absolute atomic E-state index is 13.5. The maximum atomic E-state index is 13.5. The van der Waals surface area contributed by atoms with Gasteiger partial charge in [0, 0.05) is 5.56 Å². The first-order chi connectivity index (χ1) is 14.2. The summed E-state index contributed by atoms with van der Waals surface area (Å²) in [6, 6.07) is 15.5. The van der Waals surface area contributed by atoms with Crippen molar-refractivity contribution in [1.82, 2.24) is 5.32 Å². The molecule has 1 amide bonds. The number of halogens is 1. The smallest absolute Gasteiger partial charge is 0.469 e. The molecule has 0 aliphatic heterocycles. The van der Waals surface area contributed by atoms with Crippen molar-refractivity contribution < 1.29 is 32.8 Å². The van der Waals surface area contributed by atoms with Gasteiger partial charge < -0.3 is 19.8 Å². The van der Waals surface area contributed by atoms with Crippen LogP contribution >= 0.6 is 7.82 Å². The minimum absolute atomic E-state index is 0.133. The Labute approximate surface area is 172 Å². The summed E-state index contributed by atoms with van der Waals surface area (Å²) in [5.41, 5.74) is 0.924. The van der Waals surface area contributed by atoms with Gasteiger partial charge in [0.1, 0.15) is 11.6 Å². The predicted molar refractivity (Wildman–Crippen MR) is 110 cm³/mol. The number of carbonyl (C=O) groups excluding carboxylic acids is 1. The third-order valence-electron chi connectivity index (χ3n) is 4.46. The zero-order chi connectivity index (χ0) is 21.7. The number of phosphoric ester groups is 1. The van der Waals surface area contributed by atoms with E-state index < -0.39 is 32.2 Å². The molecule has 3 aromatic rings. The Morgan fingerprint density at radius 1 is 1.10 bits per heavy atom. The predicted octanol–water partition coefficient (Wildman–Crippen LogP) is 3.44. The summed E-state index contributed by atoms with van der Waals surface area (Å²) in [6.45, 7) is -0.433. The first-order valence-corrected chi connectivity index (χ1v) is 10.6. The minimum Gasteiger partial charge on any atom is -0.497 e. The van der Waals surface area contributed by atoms with Gasteiger partial charge in [0.2, 0.25) is 0 Å². The van der Waals surface area contributed by atoms with Gasteiger partial charge in [-0.1, -0.05) is 24.3 Å². The average Bonchev–Trinajstić information content (AvgIpc) is 2.70. The number of methoxy groups -OCH3 is 1. The van der Waals surface area contributed by atoms with E-state index in [1.807, 2.05) is 12.1 Å². The number of fused-ring (bicyclic) bond motifs is 1. The highest BCUT2D eigenvalue weighted by Crippen LogP contribution is 2.35. The first-order valence-electron chi connectivity index (χ1n) is 9.07. The largest absolute Gasteiger partial charge is 0.497 e. The van der Waals surface area contributed by atoms with Crippen LogP contribution in [0.2, 0.25) is 0 Å². The topological polar surface area (TPSA) is 105 Å². The highest BCUT2D eigenvalue weighted by Gasteiger charge is 2.21. The number of phosphoric acid groups is 1. The number of hydrogen-bond acceptors (Lipinski definition) is 4. The van der Waals surface area contributed by atoms with Crippen LogP contribution in [-0.2, 0) is 15.5 Å². The fourth-order valence-corrected chi connectivity index (χ4v) is 3.42. The van der Waals surface area contributed by atoms with Crippen LogP contribution in [0.3, 0.4) is 0 Å². The lowest BCUT2D eigenvalue weighted by Crippen LogP contribution is -2.39. The summed E-state index contributed by atoms with van der Waals surface area (Å²) in [5.74, 6) is -0.189. The van der Waals surface area contributed by atoms with E-state index in [0.29, 0.717) is 16.9 Å². The number of hydrogen-bond donors (Lipinski definition) is 3. The zero-order valence-corrected chi connectivity index (χ0v) is 17.0. The van der Waals surface area contributed by atoms with Crippen LogP contribution in [0.25, 0.3) is 10.8 Å². The van der Waals surface area contributed by atoms with Crippen molar-refractivity contribution in [2.75, 3.05) is 13.7 Å². The third kappa shape index (κ3) is 6.11. The molecule has 0 aliphatic rings. The van der Waals surface area contributed by atoms with Crippen molar-refractivity contribution >= 4 is 24.5 Å². The molecule has 0 radical (unpaired) electrons. The van der Waals surface area contributed by atoms with Crippen molar-refractivity contribution in [2.24, 2.45) is 0 Å². The number of rotatable bonds is 8. The number of ether oxygens (including phenoxy) is 1. The summed E-state index contributed by atoms with van der Waals surface area (Å²) in [7, 11) is -3.16. The molecule has 3 aromatic carbocycles. The van der Waals surface area contributed by atoms with Gasteiger partial charge in [0.15, 0.2) is 0 Å². The number of benzene rings is 3. The summed E-state index contributed by atoms with van der Waals surface area (Å²) in [5, 5.41) is 4.43. The fraction of sp³-hybridized carbons (Fsp3) is 0.190. The molecule has 0 aromatic heterocycles. The van der Waals surface area contributed by atoms with Crippen molar-refractivity contribution in [2.45, 2.75) is 12.5 Å². The Morgan fingerprint density at radius 2 is 1.83 bits per heavy atom. The average molecular weight is 433 g/mol. The fourth-order valence-electron chi connectivity index (χ4n) is 3.05. The summed E-state index contributed by atoms with van der Waals surface area (Å²) < 4.78 is 34.3. The Morgan fingerprint density at radius 3 is 2.53 bits per heavy atom. The summed E-state index contributed by atoms with van der Waals surface area (Å²) >= 11 is 0. The van der Waals surface area contributed by atoms with Crippen LogP contribution in [-0.4, -0.2) is 35.5 Å². The van der Waals surface area contributed by atoms with Crippen molar-refractivity contribution in [3.8, 4) is 5.75 Å². The molecule has 3 rings (SSSR count). The van der Waals surface area contributed by atoms with Gasteiger partial charge in [-0.05, 0) is 59.2 Å². The van der Waals surface area contributed by atoms with Crippen LogP contribution in [0.1, 0.15) is 15.9 Å². The summed E-state index contributed by atoms with van der Waals surface area (Å²) in [6.07, 6.45) is 0.133. The minimum atomic E-state index is -4.73. The van der Waals surface area contributed by atoms with Gasteiger partial charge in [-0.15, -0.1) is 0 Å². The second-order valence-electron chi connectivity index (χ2n) is 6.72. The molecule has 0 spiro atoms. The van der Waals surface area contributed by atoms with Gasteiger partial charge in [0.25, 0.3) is 5.91 Å². The molecule has 0 saturated heterocycles. The third-order valence-corrected chi connectivity index (χ3v) is 4.95. The van der Waals surface area contributed by atoms with E-state index in [2.05, 4.69) is 9.84 Å². The van der Waals surface area contributed by atoms with E-state index in [-0.39, 0.29) is 6.42 Å². The number of carbonyl (C=O) groups is 1. The van der Waals surface area contributed by atoms with E-state index in [0.717, 1.165) is 10.8 Å². The Balaban J connectivity index is 1.78. The molecule has 3 N–H and O–H groups in total. The zero-order valence-electron chi connectivity index (χ0n) is 16.1. The molecule has 1 atom stereocenters. The Bertz CT molecular complexity index is 1100. The highest BCUT2D eigenvalue weighted by atomic mass is 31.2. The molecule has 0 saturated carbocycles. The lowest BCUT2D eigenvalue weighted by atomic mass is 10.0. The SMILES string of the molecule is COc1ccc2cc(C(=O)N[C@@H](COP(=O)(O)O)Cc3cccc(F)c3)ccc2c1. The molecule has 0 fully saturated rings. The first kappa shape index (κ1) is 21.9. The van der Waals surface area contributed by atoms with E-state index in [9.17, 15) is 13.8 Å². The second kappa shape index (κ2) is 9.36. The molecular weight excluding hydrogens is 412 g/mol. The molecule has 30 heavy (non-hydrogen) atoms. The van der Waals surface area contributed by atoms with Crippen molar-refractivity contribution in [3.05, 3.63) is 77.6 Å². The van der Waals surface area contributed by atoms with Crippen LogP contribution in [0, 0.1) is 5.82 Å². The van der Waals surface area contributed by atoms with Crippen LogP contribution in [0.15, 0.2) is 60.7 Å². The molecule has 0 unspecified atom stereocenters. The van der Waals surface area contributed by atoms with E-state index in [1.54, 1.807) is 37.4 Å². The van der Waals surface area contributed by atoms with Gasteiger partial charge in [-0.25, -0.2) is 8.96 Å². The molecule has 9 heteroatoms. The number of amides is 1. The van der Waals surface area contributed by atoms with E-state index >= 15 is 0 Å². The van der Waals surface area contributed by atoms with Gasteiger partial charge in [-0.3, -0.25) is 9.32 Å². The monoisotopic (exact) mass is 433 g/mol. The summed E-state index contributed by atoms with van der Waals surface area (Å²) in [4.78, 5) is 30.7. The van der Waals surface area contributed by atoms with Crippen molar-refractivity contribution in [1.29, 1.82) is 0 Å². The van der Waals surface area contributed by atoms with Crippen LogP contribution in [0.4, 0.5) is 4.39 Å². The normalized spacial score (nSPS) is 12.5. The van der Waals surface area contributed by atoms with E-state index in [4.69, 9.17) is 14.5 Å². The standard InChI is InChI=1S/C21H21FNO6P/c1-28-20-8-7-15-11-17(6-5-16(15)12-20)21(24)23-19(13-29-30(25,26)27)10-14-3-2-4-18(22)9-14/h2-9,11-12,19H,10,13H2,1H3,(H,23,24)(H2,25,26,27)/t19-/m1/s1. The molecular formula is C21H21FNO6P. The highest BCUT2D eigenvalue weighted by molar-refractivity contribution is 7.46.